The Labute approximate surface area is 81.4 Å². The molecule has 0 amide bonds. The van der Waals surface area contributed by atoms with Gasteiger partial charge in [0.05, 0.1) is 14.2 Å². The molecule has 0 N–H and O–H groups in total. The molecule has 0 atom stereocenters. The van der Waals surface area contributed by atoms with Gasteiger partial charge >= 0.3 is 0 Å². The van der Waals surface area contributed by atoms with Crippen molar-refractivity contribution in [1.82, 2.24) is 0 Å². The second-order valence-corrected chi connectivity index (χ2v) is 2.58. The maximum atomic E-state index is 11.1. The highest BCUT2D eigenvalue weighted by atomic mass is 16.5. The molecule has 0 bridgehead atoms. The number of benzene rings is 1. The standard InChI is InChI=1S/C10H10O4/c1-13-8-3-7(10(12)6-11)4-9(5-8)14-2/h3-6H,1-2H3. The van der Waals surface area contributed by atoms with Crippen LogP contribution in [0.4, 0.5) is 0 Å². The van der Waals surface area contributed by atoms with Gasteiger partial charge in [-0.2, -0.15) is 0 Å². The maximum Gasteiger partial charge on any atom is 0.225 e. The summed E-state index contributed by atoms with van der Waals surface area (Å²) >= 11 is 0. The van der Waals surface area contributed by atoms with Crippen molar-refractivity contribution < 1.29 is 19.1 Å². The highest BCUT2D eigenvalue weighted by Gasteiger charge is 2.08. The second-order valence-electron chi connectivity index (χ2n) is 2.58. The van der Waals surface area contributed by atoms with Crippen molar-refractivity contribution in [2.45, 2.75) is 0 Å². The molecule has 0 aromatic heterocycles. The van der Waals surface area contributed by atoms with Gasteiger partial charge in [0.15, 0.2) is 6.29 Å². The first-order valence-corrected chi connectivity index (χ1v) is 3.94. The Morgan fingerprint density at radius 2 is 1.64 bits per heavy atom. The summed E-state index contributed by atoms with van der Waals surface area (Å²) < 4.78 is 9.89. The van der Waals surface area contributed by atoms with Crippen LogP contribution in [0.1, 0.15) is 10.4 Å². The van der Waals surface area contributed by atoms with Gasteiger partial charge in [0.1, 0.15) is 11.5 Å². The lowest BCUT2D eigenvalue weighted by atomic mass is 10.1. The Hall–Kier alpha value is -1.84. The molecule has 4 heteroatoms. The third-order valence-electron chi connectivity index (χ3n) is 1.74. The molecule has 0 heterocycles. The van der Waals surface area contributed by atoms with E-state index < -0.39 is 5.78 Å². The molecule has 0 aliphatic rings. The van der Waals surface area contributed by atoms with Gasteiger partial charge in [-0.15, -0.1) is 0 Å². The summed E-state index contributed by atoms with van der Waals surface area (Å²) in [5, 5.41) is 0. The summed E-state index contributed by atoms with van der Waals surface area (Å²) in [6, 6.07) is 4.60. The Morgan fingerprint density at radius 3 is 2.00 bits per heavy atom. The molecule has 0 aliphatic heterocycles. The largest absolute Gasteiger partial charge is 0.497 e. The molecule has 0 radical (unpaired) electrons. The Balaban J connectivity index is 3.16. The summed E-state index contributed by atoms with van der Waals surface area (Å²) in [5.41, 5.74) is 0.260. The summed E-state index contributed by atoms with van der Waals surface area (Å²) in [4.78, 5) is 21.3. The van der Waals surface area contributed by atoms with Gasteiger partial charge < -0.3 is 9.47 Å². The molecular weight excluding hydrogens is 184 g/mol. The number of methoxy groups -OCH3 is 2. The van der Waals surface area contributed by atoms with Crippen LogP contribution in [0.5, 0.6) is 11.5 Å². The molecule has 0 fully saturated rings. The van der Waals surface area contributed by atoms with E-state index in [1.807, 2.05) is 0 Å². The van der Waals surface area contributed by atoms with Crippen molar-refractivity contribution in [3.05, 3.63) is 23.8 Å². The fraction of sp³-hybridized carbons (Fsp3) is 0.200. The lowest BCUT2D eigenvalue weighted by Gasteiger charge is -2.05. The van der Waals surface area contributed by atoms with Crippen molar-refractivity contribution in [1.29, 1.82) is 0 Å². The van der Waals surface area contributed by atoms with Crippen LogP contribution in [0, 0.1) is 0 Å². The van der Waals surface area contributed by atoms with Gasteiger partial charge in [0.2, 0.25) is 5.78 Å². The van der Waals surface area contributed by atoms with Crippen LogP contribution >= 0.6 is 0 Å². The number of carbonyl (C=O) groups is 2. The van der Waals surface area contributed by atoms with Gasteiger partial charge in [-0.05, 0) is 12.1 Å². The number of hydrogen-bond acceptors (Lipinski definition) is 4. The lowest BCUT2D eigenvalue weighted by molar-refractivity contribution is -0.104. The number of ketones is 1. The quantitative estimate of drug-likeness (QED) is 0.409. The molecule has 0 unspecified atom stereocenters. The molecule has 1 rings (SSSR count). The third kappa shape index (κ3) is 2.10. The van der Waals surface area contributed by atoms with Crippen LogP contribution < -0.4 is 9.47 Å². The number of aldehydes is 1. The van der Waals surface area contributed by atoms with E-state index in [0.29, 0.717) is 11.5 Å². The Bertz CT molecular complexity index is 335. The van der Waals surface area contributed by atoms with E-state index >= 15 is 0 Å². The third-order valence-corrected chi connectivity index (χ3v) is 1.74. The zero-order chi connectivity index (χ0) is 10.6. The number of carbonyl (C=O) groups excluding carboxylic acids is 2. The molecule has 0 spiro atoms. The maximum absolute atomic E-state index is 11.1. The van der Waals surface area contributed by atoms with Crippen LogP contribution in [-0.2, 0) is 4.79 Å². The van der Waals surface area contributed by atoms with Crippen molar-refractivity contribution in [2.24, 2.45) is 0 Å². The average molecular weight is 194 g/mol. The molecule has 4 nitrogen and oxygen atoms in total. The van der Waals surface area contributed by atoms with Crippen LogP contribution in [-0.4, -0.2) is 26.3 Å². The Morgan fingerprint density at radius 1 is 1.14 bits per heavy atom. The summed E-state index contributed by atoms with van der Waals surface area (Å²) in [6.07, 6.45) is 0.258. The van der Waals surface area contributed by atoms with Crippen molar-refractivity contribution in [3.63, 3.8) is 0 Å². The molecule has 1 aromatic rings. The number of ether oxygens (including phenoxy) is 2. The molecule has 14 heavy (non-hydrogen) atoms. The van der Waals surface area contributed by atoms with E-state index in [1.165, 1.54) is 26.4 Å². The Kier molecular flexibility index (Phi) is 3.23. The second kappa shape index (κ2) is 4.41. The predicted molar refractivity (Wildman–Crippen MR) is 49.9 cm³/mol. The van der Waals surface area contributed by atoms with E-state index in [4.69, 9.17) is 9.47 Å². The fourth-order valence-corrected chi connectivity index (χ4v) is 1.02. The molecule has 0 saturated heterocycles. The number of rotatable bonds is 4. The normalized spacial score (nSPS) is 9.29. The first-order valence-electron chi connectivity index (χ1n) is 3.94. The molecule has 1 aromatic carbocycles. The SMILES string of the molecule is COc1cc(OC)cc(C(=O)C=O)c1. The predicted octanol–water partition coefficient (Wildman–Crippen LogP) is 1.09. The molecule has 0 saturated carbocycles. The highest BCUT2D eigenvalue weighted by Crippen LogP contribution is 2.22. The summed E-state index contributed by atoms with van der Waals surface area (Å²) in [7, 11) is 2.95. The average Bonchev–Trinajstić information content (AvgIpc) is 2.27. The van der Waals surface area contributed by atoms with Gasteiger partial charge in [-0.25, -0.2) is 0 Å². The number of hydrogen-bond donors (Lipinski definition) is 0. The smallest absolute Gasteiger partial charge is 0.225 e. The number of Topliss-reactive ketones (excluding diaryl/α,β-unsaturated/α-hetero) is 1. The minimum atomic E-state index is -0.595. The minimum absolute atomic E-state index is 0.258. The molecular formula is C10H10O4. The van der Waals surface area contributed by atoms with Gasteiger partial charge in [0, 0.05) is 11.6 Å². The van der Waals surface area contributed by atoms with Crippen LogP contribution in [0.2, 0.25) is 0 Å². The molecule has 74 valence electrons. The van der Waals surface area contributed by atoms with Crippen molar-refractivity contribution >= 4 is 12.1 Å². The van der Waals surface area contributed by atoms with E-state index in [2.05, 4.69) is 0 Å². The minimum Gasteiger partial charge on any atom is -0.497 e. The molecule has 0 aliphatic carbocycles. The van der Waals surface area contributed by atoms with Crippen LogP contribution in [0.25, 0.3) is 0 Å². The monoisotopic (exact) mass is 194 g/mol. The zero-order valence-electron chi connectivity index (χ0n) is 7.94. The lowest BCUT2D eigenvalue weighted by Crippen LogP contribution is -2.01. The van der Waals surface area contributed by atoms with Crippen LogP contribution in [0.3, 0.4) is 0 Å². The highest BCUT2D eigenvalue weighted by molar-refractivity contribution is 6.33. The van der Waals surface area contributed by atoms with Gasteiger partial charge in [-0.3, -0.25) is 9.59 Å². The van der Waals surface area contributed by atoms with Crippen molar-refractivity contribution in [3.8, 4) is 11.5 Å². The first kappa shape index (κ1) is 10.2. The summed E-state index contributed by atoms with van der Waals surface area (Å²) in [5.74, 6) is 0.367. The van der Waals surface area contributed by atoms with E-state index in [0.717, 1.165) is 0 Å². The van der Waals surface area contributed by atoms with Crippen molar-refractivity contribution in [2.75, 3.05) is 14.2 Å². The fourth-order valence-electron chi connectivity index (χ4n) is 1.02. The van der Waals surface area contributed by atoms with E-state index in [-0.39, 0.29) is 11.8 Å². The topological polar surface area (TPSA) is 52.6 Å². The van der Waals surface area contributed by atoms with Crippen LogP contribution in [0.15, 0.2) is 18.2 Å². The van der Waals surface area contributed by atoms with Gasteiger partial charge in [-0.1, -0.05) is 0 Å². The first-order chi connectivity index (χ1) is 6.71. The van der Waals surface area contributed by atoms with E-state index in [9.17, 15) is 9.59 Å². The van der Waals surface area contributed by atoms with E-state index in [1.54, 1.807) is 6.07 Å². The summed E-state index contributed by atoms with van der Waals surface area (Å²) in [6.45, 7) is 0. The van der Waals surface area contributed by atoms with Gasteiger partial charge in [0.25, 0.3) is 0 Å². The zero-order valence-corrected chi connectivity index (χ0v) is 7.94.